The predicted molar refractivity (Wildman–Crippen MR) is 101 cm³/mol. The summed E-state index contributed by atoms with van der Waals surface area (Å²) in [6.07, 6.45) is 3.76. The van der Waals surface area contributed by atoms with E-state index in [1.165, 1.54) is 6.33 Å². The molecule has 1 amide bonds. The third-order valence-corrected chi connectivity index (χ3v) is 5.22. The van der Waals surface area contributed by atoms with Crippen LogP contribution in [0.15, 0.2) is 12.5 Å². The van der Waals surface area contributed by atoms with Gasteiger partial charge in [-0.2, -0.15) is 5.10 Å². The fraction of sp³-hybridized carbons (Fsp3) is 0.667. The van der Waals surface area contributed by atoms with Crippen molar-refractivity contribution >= 4 is 22.8 Å². The van der Waals surface area contributed by atoms with Crippen LogP contribution in [0.2, 0.25) is 0 Å². The van der Waals surface area contributed by atoms with Crippen molar-refractivity contribution in [3.63, 3.8) is 0 Å². The summed E-state index contributed by atoms with van der Waals surface area (Å²) in [6.45, 7) is 5.31. The Kier molecular flexibility index (Phi) is 5.61. The van der Waals surface area contributed by atoms with Crippen molar-refractivity contribution in [2.75, 3.05) is 32.1 Å². The normalized spacial score (nSPS) is 18.1. The number of carbonyl (C=O) groups excluding carboxylic acids is 1. The molecule has 0 saturated carbocycles. The van der Waals surface area contributed by atoms with Crippen molar-refractivity contribution in [1.29, 1.82) is 0 Å². The fourth-order valence-corrected chi connectivity index (χ4v) is 3.51. The minimum Gasteiger partial charge on any atom is -0.388 e. The van der Waals surface area contributed by atoms with E-state index in [2.05, 4.69) is 20.4 Å². The summed E-state index contributed by atoms with van der Waals surface area (Å²) in [7, 11) is 3.39. The van der Waals surface area contributed by atoms with Gasteiger partial charge in [0.2, 0.25) is 0 Å². The highest BCUT2D eigenvalue weighted by Crippen LogP contribution is 2.25. The summed E-state index contributed by atoms with van der Waals surface area (Å²) in [5, 5.41) is 19.2. The Morgan fingerprint density at radius 1 is 1.37 bits per heavy atom. The van der Waals surface area contributed by atoms with Crippen molar-refractivity contribution in [3.05, 3.63) is 12.5 Å². The molecule has 0 radical (unpaired) electrons. The molecule has 2 aromatic heterocycles. The van der Waals surface area contributed by atoms with E-state index in [-0.39, 0.29) is 11.8 Å². The minimum absolute atomic E-state index is 0.00428. The summed E-state index contributed by atoms with van der Waals surface area (Å²) in [4.78, 5) is 22.8. The number of carbonyl (C=O) groups is 1. The number of fused-ring (bicyclic) bond motifs is 1. The van der Waals surface area contributed by atoms with E-state index < -0.39 is 11.7 Å². The Morgan fingerprint density at radius 3 is 2.70 bits per heavy atom. The summed E-state index contributed by atoms with van der Waals surface area (Å²) >= 11 is 0. The monoisotopic (exact) mass is 376 g/mol. The molecule has 0 bridgehead atoms. The molecule has 0 spiro atoms. The molecule has 1 saturated heterocycles. The first-order valence-corrected chi connectivity index (χ1v) is 9.25. The zero-order valence-corrected chi connectivity index (χ0v) is 16.3. The predicted octanol–water partition coefficient (Wildman–Crippen LogP) is 0.800. The lowest BCUT2D eigenvalue weighted by Crippen LogP contribution is -2.52. The third kappa shape index (κ3) is 4.03. The van der Waals surface area contributed by atoms with E-state index in [9.17, 15) is 9.90 Å². The molecular weight excluding hydrogens is 348 g/mol. The van der Waals surface area contributed by atoms with Gasteiger partial charge in [-0.3, -0.25) is 9.48 Å². The van der Waals surface area contributed by atoms with Crippen LogP contribution in [-0.4, -0.2) is 74.1 Å². The van der Waals surface area contributed by atoms with Crippen molar-refractivity contribution in [2.24, 2.45) is 13.0 Å². The Bertz CT molecular complexity index is 797. The Hall–Kier alpha value is -2.26. The lowest BCUT2D eigenvalue weighted by atomic mass is 9.90. The Morgan fingerprint density at radius 2 is 2.07 bits per heavy atom. The molecule has 0 aromatic carbocycles. The van der Waals surface area contributed by atoms with Gasteiger partial charge in [-0.25, -0.2) is 9.97 Å². The first-order chi connectivity index (χ1) is 12.8. The summed E-state index contributed by atoms with van der Waals surface area (Å²) in [5.41, 5.74) is -0.157. The second kappa shape index (κ2) is 7.77. The Labute approximate surface area is 158 Å². The van der Waals surface area contributed by atoms with Crippen LogP contribution >= 0.6 is 0 Å². The smallest absolute Gasteiger partial charge is 0.251 e. The van der Waals surface area contributed by atoms with Crippen LogP contribution < -0.4 is 5.32 Å². The minimum atomic E-state index is -0.892. The van der Waals surface area contributed by atoms with Crippen LogP contribution in [0.5, 0.6) is 0 Å². The van der Waals surface area contributed by atoms with Crippen molar-refractivity contribution < 1.29 is 14.6 Å². The number of aliphatic hydroxyl groups is 1. The number of hydrogen-bond donors (Lipinski definition) is 2. The lowest BCUT2D eigenvalue weighted by molar-refractivity contribution is -0.148. The summed E-state index contributed by atoms with van der Waals surface area (Å²) < 4.78 is 7.02. The van der Waals surface area contributed by atoms with Gasteiger partial charge in [0.25, 0.3) is 5.91 Å². The van der Waals surface area contributed by atoms with Crippen LogP contribution in [0.25, 0.3) is 11.0 Å². The molecule has 2 N–H and O–H groups in total. The second-order valence-corrected chi connectivity index (χ2v) is 7.53. The van der Waals surface area contributed by atoms with Crippen LogP contribution in [-0.2, 0) is 16.6 Å². The zero-order chi connectivity index (χ0) is 19.6. The number of rotatable bonds is 6. The van der Waals surface area contributed by atoms with Gasteiger partial charge in [0.05, 0.1) is 17.2 Å². The molecule has 1 fully saturated rings. The number of nitrogens with zero attached hydrogens (tertiary/aromatic N) is 5. The standard InChI is InChI=1S/C18H28N6O3/c1-12(2)14(27-4)17(25)24-7-5-18(26,6-8-24)10-19-15-13-9-22-23(3)16(13)21-11-20-15/h9,11-12,14,26H,5-8,10H2,1-4H3,(H,19,20,21). The van der Waals surface area contributed by atoms with E-state index in [1.54, 1.807) is 22.9 Å². The number of likely N-dealkylation sites (tertiary alicyclic amines) is 1. The molecule has 1 unspecified atom stereocenters. The van der Waals surface area contributed by atoms with E-state index in [0.29, 0.717) is 38.3 Å². The number of ether oxygens (including phenoxy) is 1. The van der Waals surface area contributed by atoms with Gasteiger partial charge in [0.1, 0.15) is 18.2 Å². The molecule has 1 aliphatic rings. The fourth-order valence-electron chi connectivity index (χ4n) is 3.51. The van der Waals surface area contributed by atoms with E-state index >= 15 is 0 Å². The molecule has 9 heteroatoms. The van der Waals surface area contributed by atoms with E-state index in [0.717, 1.165) is 11.0 Å². The first kappa shape index (κ1) is 19.5. The maximum absolute atomic E-state index is 12.6. The van der Waals surface area contributed by atoms with Crippen molar-refractivity contribution in [1.82, 2.24) is 24.6 Å². The van der Waals surface area contributed by atoms with E-state index in [1.807, 2.05) is 20.9 Å². The van der Waals surface area contributed by atoms with Gasteiger partial charge < -0.3 is 20.1 Å². The SMILES string of the molecule is COC(C(=O)N1CCC(O)(CNc2ncnc3c2cnn3C)CC1)C(C)C. The van der Waals surface area contributed by atoms with Crippen LogP contribution in [0.4, 0.5) is 5.82 Å². The number of anilines is 1. The van der Waals surface area contributed by atoms with E-state index in [4.69, 9.17) is 4.74 Å². The van der Waals surface area contributed by atoms with Gasteiger partial charge in [0, 0.05) is 33.8 Å². The maximum Gasteiger partial charge on any atom is 0.251 e. The highest BCUT2D eigenvalue weighted by molar-refractivity contribution is 5.86. The number of methoxy groups -OCH3 is 1. The lowest BCUT2D eigenvalue weighted by Gasteiger charge is -2.39. The number of piperidine rings is 1. The van der Waals surface area contributed by atoms with Crippen LogP contribution in [0.1, 0.15) is 26.7 Å². The number of nitrogens with one attached hydrogen (secondary N) is 1. The third-order valence-electron chi connectivity index (χ3n) is 5.22. The molecular formula is C18H28N6O3. The number of aryl methyl sites for hydroxylation is 1. The topological polar surface area (TPSA) is 105 Å². The number of amides is 1. The summed E-state index contributed by atoms with van der Waals surface area (Å²) in [6, 6.07) is 0. The van der Waals surface area contributed by atoms with Crippen LogP contribution in [0, 0.1) is 5.92 Å². The summed E-state index contributed by atoms with van der Waals surface area (Å²) in [5.74, 6) is 0.763. The largest absolute Gasteiger partial charge is 0.388 e. The molecule has 2 aromatic rings. The molecule has 27 heavy (non-hydrogen) atoms. The average molecular weight is 376 g/mol. The van der Waals surface area contributed by atoms with Gasteiger partial charge in [-0.15, -0.1) is 0 Å². The van der Waals surface area contributed by atoms with Gasteiger partial charge in [0.15, 0.2) is 5.65 Å². The number of hydrogen-bond acceptors (Lipinski definition) is 7. The number of aromatic nitrogens is 4. The zero-order valence-electron chi connectivity index (χ0n) is 16.3. The highest BCUT2D eigenvalue weighted by Gasteiger charge is 2.36. The quantitative estimate of drug-likeness (QED) is 0.768. The molecule has 1 aliphatic heterocycles. The average Bonchev–Trinajstić information content (AvgIpc) is 3.03. The molecule has 3 heterocycles. The van der Waals surface area contributed by atoms with Gasteiger partial charge in [-0.1, -0.05) is 13.8 Å². The molecule has 148 valence electrons. The van der Waals surface area contributed by atoms with Gasteiger partial charge in [-0.05, 0) is 18.8 Å². The molecule has 1 atom stereocenters. The highest BCUT2D eigenvalue weighted by atomic mass is 16.5. The van der Waals surface area contributed by atoms with Crippen molar-refractivity contribution in [2.45, 2.75) is 38.4 Å². The molecule has 3 rings (SSSR count). The first-order valence-electron chi connectivity index (χ1n) is 9.25. The van der Waals surface area contributed by atoms with Gasteiger partial charge >= 0.3 is 0 Å². The molecule has 9 nitrogen and oxygen atoms in total. The van der Waals surface area contributed by atoms with Crippen molar-refractivity contribution in [3.8, 4) is 0 Å². The maximum atomic E-state index is 12.6. The second-order valence-electron chi connectivity index (χ2n) is 7.53. The van der Waals surface area contributed by atoms with Crippen LogP contribution in [0.3, 0.4) is 0 Å². The Balaban J connectivity index is 1.60. The molecule has 0 aliphatic carbocycles.